The fourth-order valence-corrected chi connectivity index (χ4v) is 4.59. The van der Waals surface area contributed by atoms with Crippen LogP contribution in [0.4, 0.5) is 14.9 Å². The summed E-state index contributed by atoms with van der Waals surface area (Å²) in [7, 11) is 0. The van der Waals surface area contributed by atoms with Crippen LogP contribution in [0.25, 0.3) is 11.1 Å². The smallest absolute Gasteiger partial charge is 0.317 e. The number of hydrogen-bond donors (Lipinski definition) is 2. The van der Waals surface area contributed by atoms with Crippen LogP contribution in [0.5, 0.6) is 0 Å². The predicted octanol–water partition coefficient (Wildman–Crippen LogP) is 3.78. The molecule has 30 heavy (non-hydrogen) atoms. The number of carbonyl (C=O) groups is 1. The summed E-state index contributed by atoms with van der Waals surface area (Å²) in [6.07, 6.45) is 5.33. The maximum atomic E-state index is 14.4. The Morgan fingerprint density at radius 2 is 1.80 bits per heavy atom. The molecule has 6 nitrogen and oxygen atoms in total. The number of aromatic nitrogens is 2. The van der Waals surface area contributed by atoms with Crippen LogP contribution in [0.15, 0.2) is 60.9 Å². The van der Waals surface area contributed by atoms with Gasteiger partial charge in [0.2, 0.25) is 0 Å². The van der Waals surface area contributed by atoms with Crippen molar-refractivity contribution in [3.63, 3.8) is 0 Å². The molecule has 2 aromatic carbocycles. The molecule has 0 aliphatic carbocycles. The lowest BCUT2D eigenvalue weighted by molar-refractivity contribution is 0.119. The van der Waals surface area contributed by atoms with Gasteiger partial charge in [0.25, 0.3) is 0 Å². The van der Waals surface area contributed by atoms with Crippen molar-refractivity contribution in [1.82, 2.24) is 20.4 Å². The Morgan fingerprint density at radius 3 is 2.50 bits per heavy atom. The molecule has 2 fully saturated rings. The summed E-state index contributed by atoms with van der Waals surface area (Å²) >= 11 is 0. The van der Waals surface area contributed by atoms with Crippen molar-refractivity contribution < 1.29 is 9.18 Å². The fraction of sp³-hybridized carbons (Fsp3) is 0.304. The molecular weight excluding hydrogens is 381 g/mol. The molecule has 0 bridgehead atoms. The van der Waals surface area contributed by atoms with Gasteiger partial charge in [-0.05, 0) is 49.7 Å². The van der Waals surface area contributed by atoms with E-state index in [0.717, 1.165) is 42.7 Å². The number of nitrogens with one attached hydrogen (secondary N) is 2. The van der Waals surface area contributed by atoms with Crippen LogP contribution in [0.3, 0.4) is 0 Å². The van der Waals surface area contributed by atoms with Crippen LogP contribution in [-0.4, -0.2) is 46.3 Å². The van der Waals surface area contributed by atoms with Gasteiger partial charge in [0.05, 0.1) is 24.8 Å². The third kappa shape index (κ3) is 3.25. The average Bonchev–Trinajstić information content (AvgIpc) is 3.40. The van der Waals surface area contributed by atoms with Gasteiger partial charge in [-0.3, -0.25) is 10.00 Å². The second-order valence-electron chi connectivity index (χ2n) is 8.05. The minimum Gasteiger partial charge on any atom is -0.317 e. The third-order valence-corrected chi connectivity index (χ3v) is 6.32. The monoisotopic (exact) mass is 405 g/mol. The first-order valence-electron chi connectivity index (χ1n) is 10.3. The van der Waals surface area contributed by atoms with Crippen LogP contribution in [0.2, 0.25) is 0 Å². The van der Waals surface area contributed by atoms with Gasteiger partial charge in [0.1, 0.15) is 5.82 Å². The number of carbonyl (C=O) groups excluding carboxylic acids is 1. The highest BCUT2D eigenvalue weighted by molar-refractivity contribution is 5.95. The first-order valence-corrected chi connectivity index (χ1v) is 10.3. The lowest BCUT2D eigenvalue weighted by atomic mass is 9.87. The van der Waals surface area contributed by atoms with E-state index in [-0.39, 0.29) is 23.9 Å². The zero-order chi connectivity index (χ0) is 20.6. The number of nitrogens with zero attached hydrogens (tertiary/aromatic N) is 3. The molecule has 1 aromatic heterocycles. The Morgan fingerprint density at radius 1 is 1.03 bits per heavy atom. The molecule has 3 aromatic rings. The molecule has 154 valence electrons. The Hall–Kier alpha value is -3.19. The first kappa shape index (κ1) is 18.8. The van der Waals surface area contributed by atoms with Crippen LogP contribution in [0.1, 0.15) is 18.4 Å². The molecule has 0 unspecified atom stereocenters. The highest BCUT2D eigenvalue weighted by Gasteiger charge is 2.50. The molecule has 2 amide bonds. The number of rotatable bonds is 4. The largest absolute Gasteiger partial charge is 0.325 e. The molecule has 0 saturated carbocycles. The number of hydrogen-bond acceptors (Lipinski definition) is 3. The number of aromatic amines is 1. The first-order chi connectivity index (χ1) is 14.7. The van der Waals surface area contributed by atoms with E-state index < -0.39 is 0 Å². The van der Waals surface area contributed by atoms with Crippen LogP contribution in [0, 0.1) is 5.82 Å². The standard InChI is InChI=1S/C23H24FN5O/c24-21-4-2-1-3-18(21)15-29-22(30)28(16-23(29)9-11-25-12-10-23)20-7-5-17(6-8-20)19-13-26-27-14-19/h1-8,13-14,25H,9-12,15-16H2,(H,26,27). The predicted molar refractivity (Wildman–Crippen MR) is 114 cm³/mol. The van der Waals surface area contributed by atoms with Gasteiger partial charge in [0, 0.05) is 23.0 Å². The van der Waals surface area contributed by atoms with Crippen molar-refractivity contribution in [3.05, 3.63) is 72.3 Å². The van der Waals surface area contributed by atoms with E-state index in [1.807, 2.05) is 46.3 Å². The van der Waals surface area contributed by atoms with E-state index in [4.69, 9.17) is 0 Å². The lowest BCUT2D eigenvalue weighted by Gasteiger charge is -2.40. The van der Waals surface area contributed by atoms with Gasteiger partial charge < -0.3 is 10.2 Å². The molecular formula is C23H24FN5O. The molecule has 0 radical (unpaired) electrons. The van der Waals surface area contributed by atoms with Crippen LogP contribution in [-0.2, 0) is 6.54 Å². The Kier molecular flexibility index (Phi) is 4.75. The van der Waals surface area contributed by atoms with Crippen molar-refractivity contribution in [3.8, 4) is 11.1 Å². The van der Waals surface area contributed by atoms with E-state index in [0.29, 0.717) is 12.1 Å². The summed E-state index contributed by atoms with van der Waals surface area (Å²) in [4.78, 5) is 17.2. The Balaban J connectivity index is 1.45. The quantitative estimate of drug-likeness (QED) is 0.694. The van der Waals surface area contributed by atoms with Crippen molar-refractivity contribution in [2.45, 2.75) is 24.9 Å². The van der Waals surface area contributed by atoms with Crippen LogP contribution < -0.4 is 10.2 Å². The maximum Gasteiger partial charge on any atom is 0.325 e. The molecule has 5 rings (SSSR count). The summed E-state index contributed by atoms with van der Waals surface area (Å²) in [5, 5.41) is 10.2. The summed E-state index contributed by atoms with van der Waals surface area (Å²) < 4.78 is 14.4. The number of halogens is 1. The molecule has 1 spiro atoms. The Bertz CT molecular complexity index is 1030. The van der Waals surface area contributed by atoms with Crippen molar-refractivity contribution in [2.75, 3.05) is 24.5 Å². The van der Waals surface area contributed by atoms with Crippen molar-refractivity contribution >= 4 is 11.7 Å². The third-order valence-electron chi connectivity index (χ3n) is 6.32. The number of anilines is 1. The lowest BCUT2D eigenvalue weighted by Crippen LogP contribution is -2.53. The molecule has 2 aliphatic rings. The zero-order valence-corrected chi connectivity index (χ0v) is 16.6. The number of benzene rings is 2. The van der Waals surface area contributed by atoms with Gasteiger partial charge >= 0.3 is 6.03 Å². The van der Waals surface area contributed by atoms with Crippen molar-refractivity contribution in [2.24, 2.45) is 0 Å². The SMILES string of the molecule is O=C1N(c2ccc(-c3cn[nH]c3)cc2)CC2(CCNCC2)N1Cc1ccccc1F. The maximum absolute atomic E-state index is 14.4. The highest BCUT2D eigenvalue weighted by atomic mass is 19.1. The summed E-state index contributed by atoms with van der Waals surface area (Å²) in [5.41, 5.74) is 3.18. The summed E-state index contributed by atoms with van der Waals surface area (Å²) in [6.45, 7) is 2.62. The van der Waals surface area contributed by atoms with E-state index in [1.54, 1.807) is 18.3 Å². The molecule has 2 aliphatic heterocycles. The fourth-order valence-electron chi connectivity index (χ4n) is 4.59. The van der Waals surface area contributed by atoms with Gasteiger partial charge in [-0.1, -0.05) is 30.3 Å². The molecule has 2 saturated heterocycles. The average molecular weight is 405 g/mol. The highest BCUT2D eigenvalue weighted by Crippen LogP contribution is 2.38. The zero-order valence-electron chi connectivity index (χ0n) is 16.6. The van der Waals surface area contributed by atoms with E-state index in [2.05, 4.69) is 15.5 Å². The number of H-pyrrole nitrogens is 1. The molecule has 7 heteroatoms. The van der Waals surface area contributed by atoms with Crippen LogP contribution >= 0.6 is 0 Å². The number of urea groups is 1. The molecule has 3 heterocycles. The topological polar surface area (TPSA) is 64.3 Å². The van der Waals surface area contributed by atoms with E-state index in [1.165, 1.54) is 6.07 Å². The van der Waals surface area contributed by atoms with Gasteiger partial charge in [-0.15, -0.1) is 0 Å². The number of amides is 2. The molecule has 0 atom stereocenters. The normalized spacial score (nSPS) is 18.4. The van der Waals surface area contributed by atoms with E-state index >= 15 is 0 Å². The van der Waals surface area contributed by atoms with Gasteiger partial charge in [0.15, 0.2) is 0 Å². The van der Waals surface area contributed by atoms with Crippen molar-refractivity contribution in [1.29, 1.82) is 0 Å². The minimum absolute atomic E-state index is 0.0591. The summed E-state index contributed by atoms with van der Waals surface area (Å²) in [5.74, 6) is -0.266. The number of piperidine rings is 1. The minimum atomic E-state index is -0.284. The van der Waals surface area contributed by atoms with Gasteiger partial charge in [-0.25, -0.2) is 9.18 Å². The Labute approximate surface area is 174 Å². The second kappa shape index (κ2) is 7.57. The second-order valence-corrected chi connectivity index (χ2v) is 8.05. The molecule has 2 N–H and O–H groups in total. The summed E-state index contributed by atoms with van der Waals surface area (Å²) in [6, 6.07) is 14.6. The van der Waals surface area contributed by atoms with E-state index in [9.17, 15) is 9.18 Å². The van der Waals surface area contributed by atoms with Gasteiger partial charge in [-0.2, -0.15) is 5.10 Å².